The highest BCUT2D eigenvalue weighted by molar-refractivity contribution is 9.10. The van der Waals surface area contributed by atoms with E-state index in [0.29, 0.717) is 22.2 Å². The van der Waals surface area contributed by atoms with E-state index in [9.17, 15) is 14.4 Å². The van der Waals surface area contributed by atoms with Gasteiger partial charge in [0.2, 0.25) is 11.8 Å². The van der Waals surface area contributed by atoms with E-state index >= 15 is 0 Å². The van der Waals surface area contributed by atoms with Crippen LogP contribution in [-0.2, 0) is 9.59 Å². The average molecular weight is 408 g/mol. The largest absolute Gasteiger partial charge is 0.347 e. The fraction of sp³-hybridized carbons (Fsp3) is 0.611. The summed E-state index contributed by atoms with van der Waals surface area (Å²) < 4.78 is 0.667. The second-order valence-corrected chi connectivity index (χ2v) is 8.91. The van der Waals surface area contributed by atoms with Crippen LogP contribution in [-0.4, -0.2) is 23.3 Å². The van der Waals surface area contributed by atoms with Gasteiger partial charge in [0.1, 0.15) is 5.69 Å². The molecule has 1 heterocycles. The summed E-state index contributed by atoms with van der Waals surface area (Å²) in [7, 11) is 0. The van der Waals surface area contributed by atoms with Crippen molar-refractivity contribution in [3.05, 3.63) is 27.1 Å². The average Bonchev–Trinajstić information content (AvgIpc) is 2.55. The van der Waals surface area contributed by atoms with Crippen molar-refractivity contribution in [2.75, 3.05) is 11.9 Å². The highest BCUT2D eigenvalue weighted by atomic mass is 79.9. The Morgan fingerprint density at radius 1 is 1.16 bits per heavy atom. The molecular weight excluding hydrogens is 386 g/mol. The van der Waals surface area contributed by atoms with Crippen LogP contribution in [0.15, 0.2) is 21.5 Å². The van der Waals surface area contributed by atoms with Gasteiger partial charge in [-0.3, -0.25) is 14.4 Å². The number of carbonyl (C=O) groups excluding carboxylic acids is 2. The van der Waals surface area contributed by atoms with Gasteiger partial charge < -0.3 is 15.6 Å². The molecule has 4 aliphatic carbocycles. The number of amides is 2. The SMILES string of the molecule is O=C(CNC(=O)C12CC3CC(CC(C3)C1)C2)Nc1cc(Br)c[nH]c1=O. The minimum Gasteiger partial charge on any atom is -0.347 e. The summed E-state index contributed by atoms with van der Waals surface area (Å²) in [6.45, 7) is -0.105. The zero-order valence-corrected chi connectivity index (χ0v) is 15.5. The van der Waals surface area contributed by atoms with Crippen LogP contribution in [0.1, 0.15) is 38.5 Å². The van der Waals surface area contributed by atoms with Gasteiger partial charge in [-0.1, -0.05) is 0 Å². The third-order valence-corrected chi connectivity index (χ3v) is 6.53. The first-order valence-corrected chi connectivity index (χ1v) is 9.69. The number of halogens is 1. The number of hydrogen-bond acceptors (Lipinski definition) is 3. The Morgan fingerprint density at radius 2 is 1.76 bits per heavy atom. The number of carbonyl (C=O) groups is 2. The zero-order valence-electron chi connectivity index (χ0n) is 13.9. The van der Waals surface area contributed by atoms with Crippen molar-refractivity contribution in [3.63, 3.8) is 0 Å². The topological polar surface area (TPSA) is 91.1 Å². The van der Waals surface area contributed by atoms with Gasteiger partial charge in [-0.2, -0.15) is 0 Å². The molecule has 5 rings (SSSR count). The molecule has 0 aliphatic heterocycles. The normalized spacial score (nSPS) is 32.4. The summed E-state index contributed by atoms with van der Waals surface area (Å²) in [5, 5.41) is 5.37. The van der Waals surface area contributed by atoms with Gasteiger partial charge in [0.15, 0.2) is 0 Å². The van der Waals surface area contributed by atoms with Crippen LogP contribution in [0.3, 0.4) is 0 Å². The molecule has 0 atom stereocenters. The van der Waals surface area contributed by atoms with Gasteiger partial charge >= 0.3 is 0 Å². The molecule has 1 aromatic rings. The van der Waals surface area contributed by atoms with Crippen LogP contribution in [0.25, 0.3) is 0 Å². The molecule has 4 saturated carbocycles. The first kappa shape index (κ1) is 16.8. The van der Waals surface area contributed by atoms with Crippen molar-refractivity contribution >= 4 is 33.4 Å². The maximum atomic E-state index is 12.8. The number of rotatable bonds is 4. The molecule has 4 bridgehead atoms. The van der Waals surface area contributed by atoms with Gasteiger partial charge in [-0.05, 0) is 78.3 Å². The van der Waals surface area contributed by atoms with Crippen LogP contribution >= 0.6 is 15.9 Å². The summed E-state index contributed by atoms with van der Waals surface area (Å²) in [6.07, 6.45) is 8.25. The molecule has 0 saturated heterocycles. The molecule has 7 heteroatoms. The predicted molar refractivity (Wildman–Crippen MR) is 97.0 cm³/mol. The zero-order chi connectivity index (χ0) is 17.6. The first-order valence-electron chi connectivity index (χ1n) is 8.90. The minimum absolute atomic E-state index is 0.0184. The summed E-state index contributed by atoms with van der Waals surface area (Å²) in [4.78, 5) is 39.1. The molecule has 2 amide bonds. The molecule has 4 fully saturated rings. The molecular formula is C18H22BrN3O3. The second kappa shape index (κ2) is 6.27. The molecule has 25 heavy (non-hydrogen) atoms. The number of anilines is 1. The van der Waals surface area contributed by atoms with Crippen molar-refractivity contribution in [3.8, 4) is 0 Å². The van der Waals surface area contributed by atoms with Crippen molar-refractivity contribution in [1.82, 2.24) is 10.3 Å². The fourth-order valence-corrected chi connectivity index (χ4v) is 5.82. The molecule has 1 aromatic heterocycles. The third kappa shape index (κ3) is 3.26. The Bertz CT molecular complexity index is 738. The van der Waals surface area contributed by atoms with Crippen LogP contribution in [0.2, 0.25) is 0 Å². The molecule has 0 spiro atoms. The number of aromatic amines is 1. The van der Waals surface area contributed by atoms with Crippen LogP contribution < -0.4 is 16.2 Å². The van der Waals surface area contributed by atoms with Crippen molar-refractivity contribution in [2.24, 2.45) is 23.2 Å². The van der Waals surface area contributed by atoms with E-state index in [1.54, 1.807) is 0 Å². The molecule has 3 N–H and O–H groups in total. The van der Waals surface area contributed by atoms with E-state index in [2.05, 4.69) is 31.5 Å². The van der Waals surface area contributed by atoms with Gasteiger partial charge in [0.25, 0.3) is 5.56 Å². The maximum Gasteiger partial charge on any atom is 0.271 e. The molecule has 4 aliphatic rings. The lowest BCUT2D eigenvalue weighted by Gasteiger charge is -2.55. The lowest BCUT2D eigenvalue weighted by Crippen LogP contribution is -2.54. The molecule has 6 nitrogen and oxygen atoms in total. The van der Waals surface area contributed by atoms with E-state index < -0.39 is 0 Å². The van der Waals surface area contributed by atoms with Crippen molar-refractivity contribution in [1.29, 1.82) is 0 Å². The van der Waals surface area contributed by atoms with E-state index in [4.69, 9.17) is 0 Å². The van der Waals surface area contributed by atoms with Crippen LogP contribution in [0.4, 0.5) is 5.69 Å². The standard InChI is InChI=1S/C18H22BrN3O3/c19-13-4-14(16(24)20-8-13)22-15(23)9-21-17(25)18-5-10-1-11(6-18)3-12(2-10)7-18/h4,8,10-12H,1-3,5-7,9H2,(H,20,24)(H,21,25)(H,22,23). The van der Waals surface area contributed by atoms with Gasteiger partial charge in [-0.15, -0.1) is 0 Å². The predicted octanol–water partition coefficient (Wildman–Crippen LogP) is 2.41. The highest BCUT2D eigenvalue weighted by Gasteiger charge is 2.54. The number of hydrogen-bond donors (Lipinski definition) is 3. The Hall–Kier alpha value is -1.63. The summed E-state index contributed by atoms with van der Waals surface area (Å²) >= 11 is 3.25. The first-order chi connectivity index (χ1) is 11.9. The third-order valence-electron chi connectivity index (χ3n) is 6.07. The Labute approximate surface area is 154 Å². The number of H-pyrrole nitrogens is 1. The van der Waals surface area contributed by atoms with Crippen molar-refractivity contribution in [2.45, 2.75) is 38.5 Å². The second-order valence-electron chi connectivity index (χ2n) is 7.99. The van der Waals surface area contributed by atoms with E-state index in [-0.39, 0.29) is 35.0 Å². The highest BCUT2D eigenvalue weighted by Crippen LogP contribution is 2.60. The van der Waals surface area contributed by atoms with Crippen LogP contribution in [0.5, 0.6) is 0 Å². The molecule has 0 aromatic carbocycles. The lowest BCUT2D eigenvalue weighted by atomic mass is 9.49. The number of aromatic nitrogens is 1. The van der Waals surface area contributed by atoms with Crippen molar-refractivity contribution < 1.29 is 9.59 Å². The minimum atomic E-state index is -0.387. The summed E-state index contributed by atoms with van der Waals surface area (Å²) in [6, 6.07) is 1.54. The fourth-order valence-electron chi connectivity index (χ4n) is 5.48. The maximum absolute atomic E-state index is 12.8. The van der Waals surface area contributed by atoms with Crippen LogP contribution in [0, 0.1) is 23.2 Å². The van der Waals surface area contributed by atoms with E-state index in [1.807, 2.05) is 0 Å². The molecule has 0 unspecified atom stereocenters. The quantitative estimate of drug-likeness (QED) is 0.715. The van der Waals surface area contributed by atoms with E-state index in [1.165, 1.54) is 31.5 Å². The Balaban J connectivity index is 1.36. The number of nitrogens with one attached hydrogen (secondary N) is 3. The van der Waals surface area contributed by atoms with E-state index in [0.717, 1.165) is 19.3 Å². The summed E-state index contributed by atoms with van der Waals surface area (Å²) in [5.74, 6) is 1.69. The lowest BCUT2D eigenvalue weighted by molar-refractivity contribution is -0.146. The molecule has 0 radical (unpaired) electrons. The Morgan fingerprint density at radius 3 is 2.36 bits per heavy atom. The monoisotopic (exact) mass is 407 g/mol. The van der Waals surface area contributed by atoms with Gasteiger partial charge in [-0.25, -0.2) is 0 Å². The Kier molecular flexibility index (Phi) is 4.22. The molecule has 134 valence electrons. The smallest absolute Gasteiger partial charge is 0.271 e. The van der Waals surface area contributed by atoms with Gasteiger partial charge in [0.05, 0.1) is 6.54 Å². The van der Waals surface area contributed by atoms with Gasteiger partial charge in [0, 0.05) is 16.1 Å². The number of pyridine rings is 1. The summed E-state index contributed by atoms with van der Waals surface area (Å²) in [5.41, 5.74) is -0.463.